The Balaban J connectivity index is 0.900. The van der Waals surface area contributed by atoms with Gasteiger partial charge < -0.3 is 9.32 Å². The molecule has 0 bridgehead atoms. The van der Waals surface area contributed by atoms with Gasteiger partial charge in [-0.3, -0.25) is 0 Å². The summed E-state index contributed by atoms with van der Waals surface area (Å²) in [5, 5.41) is 15.4. The van der Waals surface area contributed by atoms with Gasteiger partial charge in [-0.25, -0.2) is 0 Å². The molecule has 13 rings (SSSR count). The number of fused-ring (bicyclic) bond motifs is 3. The van der Waals surface area contributed by atoms with Crippen molar-refractivity contribution in [1.82, 2.24) is 0 Å². The highest BCUT2D eigenvalue weighted by Gasteiger charge is 2.41. The van der Waals surface area contributed by atoms with E-state index in [4.69, 9.17) is 4.42 Å². The van der Waals surface area contributed by atoms with E-state index in [2.05, 4.69) is 254 Å². The fraction of sp³-hybridized carbons (Fsp3) is 0. The molecule has 1 heterocycles. The van der Waals surface area contributed by atoms with E-state index >= 15 is 0 Å². The first-order valence-electron chi connectivity index (χ1n) is 23.1. The summed E-state index contributed by atoms with van der Waals surface area (Å²) >= 11 is 0. The van der Waals surface area contributed by atoms with Crippen molar-refractivity contribution < 1.29 is 4.42 Å². The maximum atomic E-state index is 6.29. The average molecular weight is 870 g/mol. The van der Waals surface area contributed by atoms with E-state index in [-0.39, 0.29) is 0 Å². The number of anilines is 3. The number of nitrogens with zero attached hydrogens (tertiary/aromatic N) is 1. The lowest BCUT2D eigenvalue weighted by atomic mass is 9.93. The summed E-state index contributed by atoms with van der Waals surface area (Å²) in [6.45, 7) is 0. The molecule has 0 aliphatic carbocycles. The van der Waals surface area contributed by atoms with Crippen LogP contribution in [0.4, 0.5) is 17.1 Å². The van der Waals surface area contributed by atoms with Gasteiger partial charge in [0.1, 0.15) is 11.2 Å². The molecule has 0 unspecified atom stereocenters. The van der Waals surface area contributed by atoms with Gasteiger partial charge in [0.25, 0.3) is 0 Å². The zero-order valence-electron chi connectivity index (χ0n) is 36.7. The first-order chi connectivity index (χ1) is 33.2. The highest BCUT2D eigenvalue weighted by Crippen LogP contribution is 2.42. The van der Waals surface area contributed by atoms with Crippen molar-refractivity contribution in [1.29, 1.82) is 0 Å². The summed E-state index contributed by atoms with van der Waals surface area (Å²) in [5.41, 5.74) is 9.73. The molecular weight excluding hydrogens is 827 g/mol. The van der Waals surface area contributed by atoms with Crippen molar-refractivity contribution in [2.24, 2.45) is 0 Å². The van der Waals surface area contributed by atoms with Gasteiger partial charge in [-0.05, 0) is 130 Å². The van der Waals surface area contributed by atoms with Gasteiger partial charge in [0, 0.05) is 27.8 Å². The van der Waals surface area contributed by atoms with Crippen molar-refractivity contribution in [2.75, 3.05) is 4.90 Å². The number of rotatable bonds is 9. The fourth-order valence-corrected chi connectivity index (χ4v) is 15.5. The van der Waals surface area contributed by atoms with E-state index in [1.807, 2.05) is 12.1 Å². The van der Waals surface area contributed by atoms with E-state index in [1.165, 1.54) is 64.2 Å². The molecular formula is C64H43NOSi. The van der Waals surface area contributed by atoms with E-state index in [1.54, 1.807) is 0 Å². The molecule has 314 valence electrons. The maximum absolute atomic E-state index is 6.29. The Morgan fingerprint density at radius 3 is 1.24 bits per heavy atom. The molecule has 0 aliphatic rings. The molecule has 3 heteroatoms. The van der Waals surface area contributed by atoms with Crippen molar-refractivity contribution in [3.05, 3.63) is 261 Å². The molecule has 0 atom stereocenters. The van der Waals surface area contributed by atoms with Gasteiger partial charge in [-0.2, -0.15) is 0 Å². The van der Waals surface area contributed by atoms with Crippen LogP contribution in [0.1, 0.15) is 0 Å². The van der Waals surface area contributed by atoms with Crippen molar-refractivity contribution in [3.8, 4) is 22.3 Å². The van der Waals surface area contributed by atoms with Crippen LogP contribution in [0, 0.1) is 0 Å². The second-order valence-electron chi connectivity index (χ2n) is 17.6. The summed E-state index contributed by atoms with van der Waals surface area (Å²) in [6, 6.07) is 96.0. The van der Waals surface area contributed by atoms with Crippen LogP contribution in [0.25, 0.3) is 76.5 Å². The van der Waals surface area contributed by atoms with Gasteiger partial charge in [0.15, 0.2) is 8.07 Å². The zero-order chi connectivity index (χ0) is 44.3. The third-order valence-electron chi connectivity index (χ3n) is 13.9. The highest BCUT2D eigenvalue weighted by molar-refractivity contribution is 7.19. The SMILES string of the molecule is c1ccc([Si](c2ccccc2)(c2ccccc2)c2ccc(-c3ccc(N(c4ccc(-c5ccc6c(c5)oc5ccccc56)cc4)c4cc5ccc6cccc7ccc(c4)c5c67)cc3)cc2)cc1. The third kappa shape index (κ3) is 6.47. The van der Waals surface area contributed by atoms with Crippen LogP contribution in [0.15, 0.2) is 265 Å². The Kier molecular flexibility index (Phi) is 9.22. The van der Waals surface area contributed by atoms with Crippen LogP contribution in [0.5, 0.6) is 0 Å². The van der Waals surface area contributed by atoms with Gasteiger partial charge in [-0.1, -0.05) is 206 Å². The van der Waals surface area contributed by atoms with Crippen molar-refractivity contribution in [3.63, 3.8) is 0 Å². The summed E-state index contributed by atoms with van der Waals surface area (Å²) in [4.78, 5) is 2.40. The lowest BCUT2D eigenvalue weighted by Crippen LogP contribution is -2.74. The van der Waals surface area contributed by atoms with Crippen molar-refractivity contribution in [2.45, 2.75) is 0 Å². The van der Waals surface area contributed by atoms with Gasteiger partial charge >= 0.3 is 0 Å². The van der Waals surface area contributed by atoms with Gasteiger partial charge in [0.05, 0.1) is 0 Å². The fourth-order valence-electron chi connectivity index (χ4n) is 10.8. The molecule has 0 saturated heterocycles. The Bertz CT molecular complexity index is 3720. The number of hydrogen-bond acceptors (Lipinski definition) is 2. The monoisotopic (exact) mass is 869 g/mol. The number of para-hydroxylation sites is 1. The summed E-state index contributed by atoms with van der Waals surface area (Å²) in [6.07, 6.45) is 0. The molecule has 0 aliphatic heterocycles. The average Bonchev–Trinajstić information content (AvgIpc) is 3.78. The molecule has 67 heavy (non-hydrogen) atoms. The topological polar surface area (TPSA) is 16.4 Å². The number of benzene rings is 12. The summed E-state index contributed by atoms with van der Waals surface area (Å²) < 4.78 is 6.29. The van der Waals surface area contributed by atoms with Gasteiger partial charge in [0.2, 0.25) is 0 Å². The standard InChI is InChI=1S/C64H43NOSi/c1-4-15-55(16-5-1)67(56-17-6-2-7-18-56,57-19-8-3-9-20-57)58-38-31-45(32-39-58)44-27-34-52(35-28-44)65(54-41-50-25-23-47-13-12-14-48-24-26-51(42-54)64(50)63(47)48)53-36-29-46(30-37-53)49-33-40-60-59-21-10-11-22-61(59)66-62(60)43-49/h1-43H. The molecule has 0 N–H and O–H groups in total. The largest absolute Gasteiger partial charge is 0.456 e. The summed E-state index contributed by atoms with van der Waals surface area (Å²) in [7, 11) is -2.62. The Morgan fingerprint density at radius 1 is 0.269 bits per heavy atom. The molecule has 1 aromatic heterocycles. The smallest absolute Gasteiger partial charge is 0.179 e. The van der Waals surface area contributed by atoms with Crippen LogP contribution in [0.2, 0.25) is 0 Å². The first kappa shape index (κ1) is 38.9. The maximum Gasteiger partial charge on any atom is 0.179 e. The minimum Gasteiger partial charge on any atom is -0.456 e. The van der Waals surface area contributed by atoms with Crippen LogP contribution >= 0.6 is 0 Å². The zero-order valence-corrected chi connectivity index (χ0v) is 37.7. The lowest BCUT2D eigenvalue weighted by Gasteiger charge is -2.34. The molecule has 0 radical (unpaired) electrons. The molecule has 12 aromatic carbocycles. The molecule has 2 nitrogen and oxygen atoms in total. The van der Waals surface area contributed by atoms with Crippen molar-refractivity contribution >= 4 is 100 Å². The second kappa shape index (κ2) is 15.9. The molecule has 0 fully saturated rings. The van der Waals surface area contributed by atoms with E-state index in [0.29, 0.717) is 0 Å². The van der Waals surface area contributed by atoms with E-state index in [9.17, 15) is 0 Å². The number of furan rings is 1. The van der Waals surface area contributed by atoms with Crippen LogP contribution in [-0.4, -0.2) is 8.07 Å². The highest BCUT2D eigenvalue weighted by atomic mass is 28.3. The first-order valence-corrected chi connectivity index (χ1v) is 25.1. The minimum atomic E-state index is -2.62. The van der Waals surface area contributed by atoms with E-state index < -0.39 is 8.07 Å². The van der Waals surface area contributed by atoms with Crippen LogP contribution < -0.4 is 25.6 Å². The molecule has 0 spiro atoms. The van der Waals surface area contributed by atoms with E-state index in [0.717, 1.165) is 50.1 Å². The molecule has 13 aromatic rings. The Morgan fingerprint density at radius 2 is 0.687 bits per heavy atom. The number of hydrogen-bond donors (Lipinski definition) is 0. The van der Waals surface area contributed by atoms with Gasteiger partial charge in [-0.15, -0.1) is 0 Å². The lowest BCUT2D eigenvalue weighted by molar-refractivity contribution is 0.669. The Hall–Kier alpha value is -8.50. The summed E-state index contributed by atoms with van der Waals surface area (Å²) in [5.74, 6) is 0. The predicted octanol–water partition coefficient (Wildman–Crippen LogP) is 14.7. The van der Waals surface area contributed by atoms with Crippen LogP contribution in [0.3, 0.4) is 0 Å². The quantitative estimate of drug-likeness (QED) is 0.0816. The van der Waals surface area contributed by atoms with Crippen LogP contribution in [-0.2, 0) is 0 Å². The molecule has 0 amide bonds. The predicted molar refractivity (Wildman–Crippen MR) is 287 cm³/mol. The minimum absolute atomic E-state index is 0.901. The Labute approximate surface area is 390 Å². The third-order valence-corrected chi connectivity index (χ3v) is 18.7. The normalized spacial score (nSPS) is 11.9. The molecule has 0 saturated carbocycles. The second-order valence-corrected chi connectivity index (χ2v) is 21.5.